The molecule has 0 radical (unpaired) electrons. The number of rotatable bonds is 2. The highest BCUT2D eigenvalue weighted by atomic mass is 16.6. The number of allylic oxidation sites excluding steroid dienone is 2. The summed E-state index contributed by atoms with van der Waals surface area (Å²) in [5.74, 6) is 0.0473. The summed E-state index contributed by atoms with van der Waals surface area (Å²) in [6, 6.07) is 0. The van der Waals surface area contributed by atoms with Crippen LogP contribution in [0.5, 0.6) is 0 Å². The number of hydrogen-bond acceptors (Lipinski definition) is 4. The van der Waals surface area contributed by atoms with Gasteiger partial charge in [0.2, 0.25) is 0 Å². The molecule has 2 unspecified atom stereocenters. The first kappa shape index (κ1) is 8.68. The summed E-state index contributed by atoms with van der Waals surface area (Å²) in [4.78, 5) is 20.4. The van der Waals surface area contributed by atoms with Gasteiger partial charge in [0.05, 0.1) is 4.92 Å². The molecule has 0 spiro atoms. The van der Waals surface area contributed by atoms with Crippen molar-refractivity contribution in [3.05, 3.63) is 45.9 Å². The number of carbonyl (C=O) groups is 1. The molecule has 0 bridgehead atoms. The van der Waals surface area contributed by atoms with Crippen LogP contribution < -0.4 is 0 Å². The predicted molar refractivity (Wildman–Crippen MR) is 46.7 cm³/mol. The maximum Gasteiger partial charge on any atom is 0.266 e. The normalized spacial score (nSPS) is 28.6. The van der Waals surface area contributed by atoms with Gasteiger partial charge in [0.25, 0.3) is 5.70 Å². The zero-order valence-corrected chi connectivity index (χ0v) is 7.12. The standard InChI is InChI=1S/C9H7NO4/c11-5-8-4-6-3-7(10(12)13)1-2-9(6)14-8/h1-6,9H. The van der Waals surface area contributed by atoms with Crippen molar-refractivity contribution in [2.24, 2.45) is 5.92 Å². The molecule has 0 N–H and O–H groups in total. The monoisotopic (exact) mass is 193 g/mol. The molecule has 0 aromatic rings. The van der Waals surface area contributed by atoms with Gasteiger partial charge in [-0.2, -0.15) is 0 Å². The molecule has 2 atom stereocenters. The van der Waals surface area contributed by atoms with E-state index in [0.29, 0.717) is 6.29 Å². The summed E-state index contributed by atoms with van der Waals surface area (Å²) in [6.07, 6.45) is 6.40. The summed E-state index contributed by atoms with van der Waals surface area (Å²) in [5, 5.41) is 10.4. The Labute approximate surface area is 79.5 Å². The van der Waals surface area contributed by atoms with Crippen LogP contribution in [0, 0.1) is 16.0 Å². The molecule has 72 valence electrons. The minimum absolute atomic E-state index is 0.0400. The van der Waals surface area contributed by atoms with E-state index in [1.165, 1.54) is 12.2 Å². The number of ether oxygens (including phenoxy) is 1. The summed E-state index contributed by atoms with van der Waals surface area (Å²) < 4.78 is 5.18. The van der Waals surface area contributed by atoms with Crippen LogP contribution in [0.1, 0.15) is 0 Å². The summed E-state index contributed by atoms with van der Waals surface area (Å²) >= 11 is 0. The van der Waals surface area contributed by atoms with Gasteiger partial charge in [0.1, 0.15) is 6.10 Å². The SMILES string of the molecule is O=CC1=CC2C=C([N+](=O)[O-])C=CC2O1. The van der Waals surface area contributed by atoms with Crippen molar-refractivity contribution in [1.82, 2.24) is 0 Å². The van der Waals surface area contributed by atoms with E-state index < -0.39 is 4.92 Å². The average Bonchev–Trinajstić information content (AvgIpc) is 2.58. The molecular weight excluding hydrogens is 186 g/mol. The van der Waals surface area contributed by atoms with Crippen LogP contribution in [0.4, 0.5) is 0 Å². The van der Waals surface area contributed by atoms with Gasteiger partial charge in [-0.3, -0.25) is 14.9 Å². The number of carbonyl (C=O) groups excluding carboxylic acids is 1. The van der Waals surface area contributed by atoms with E-state index in [9.17, 15) is 14.9 Å². The van der Waals surface area contributed by atoms with Gasteiger partial charge in [0.15, 0.2) is 12.0 Å². The Hall–Kier alpha value is -1.91. The van der Waals surface area contributed by atoms with E-state index >= 15 is 0 Å². The van der Waals surface area contributed by atoms with E-state index in [2.05, 4.69) is 0 Å². The number of nitro groups is 1. The van der Waals surface area contributed by atoms with Crippen molar-refractivity contribution in [3.8, 4) is 0 Å². The van der Waals surface area contributed by atoms with Gasteiger partial charge in [-0.25, -0.2) is 0 Å². The molecule has 1 aliphatic carbocycles. The lowest BCUT2D eigenvalue weighted by atomic mass is 9.97. The Morgan fingerprint density at radius 2 is 2.29 bits per heavy atom. The molecule has 2 rings (SSSR count). The fourth-order valence-corrected chi connectivity index (χ4v) is 1.50. The molecule has 0 amide bonds. The Balaban J connectivity index is 2.25. The van der Waals surface area contributed by atoms with Gasteiger partial charge in [-0.05, 0) is 12.2 Å². The highest BCUT2D eigenvalue weighted by molar-refractivity contribution is 5.71. The third-order valence-corrected chi connectivity index (χ3v) is 2.16. The molecular formula is C9H7NO4. The summed E-state index contributed by atoms with van der Waals surface area (Å²) in [6.45, 7) is 0. The minimum Gasteiger partial charge on any atom is -0.482 e. The predicted octanol–water partition coefficient (Wildman–Crippen LogP) is 0.815. The first-order valence-corrected chi connectivity index (χ1v) is 4.09. The molecule has 14 heavy (non-hydrogen) atoms. The second kappa shape index (κ2) is 3.10. The molecule has 0 saturated heterocycles. The zero-order valence-electron chi connectivity index (χ0n) is 7.12. The van der Waals surface area contributed by atoms with Crippen LogP contribution in [0.25, 0.3) is 0 Å². The lowest BCUT2D eigenvalue weighted by Gasteiger charge is -2.14. The van der Waals surface area contributed by atoms with E-state index in [0.717, 1.165) is 0 Å². The lowest BCUT2D eigenvalue weighted by molar-refractivity contribution is -0.419. The Morgan fingerprint density at radius 1 is 1.50 bits per heavy atom. The first-order valence-electron chi connectivity index (χ1n) is 4.09. The summed E-state index contributed by atoms with van der Waals surface area (Å²) in [5.41, 5.74) is 0.0400. The second-order valence-electron chi connectivity index (χ2n) is 3.05. The maximum absolute atomic E-state index is 10.4. The van der Waals surface area contributed by atoms with Crippen molar-refractivity contribution < 1.29 is 14.5 Å². The smallest absolute Gasteiger partial charge is 0.266 e. The topological polar surface area (TPSA) is 69.4 Å². The van der Waals surface area contributed by atoms with Crippen molar-refractivity contribution in [2.75, 3.05) is 0 Å². The fraction of sp³-hybridized carbons (Fsp3) is 0.222. The Kier molecular flexibility index (Phi) is 1.92. The number of hydrogen-bond donors (Lipinski definition) is 0. The molecule has 1 heterocycles. The zero-order chi connectivity index (χ0) is 10.1. The molecule has 5 heteroatoms. The van der Waals surface area contributed by atoms with E-state index in [1.807, 2.05) is 0 Å². The van der Waals surface area contributed by atoms with Crippen molar-refractivity contribution >= 4 is 6.29 Å². The molecule has 0 saturated carbocycles. The van der Waals surface area contributed by atoms with Gasteiger partial charge in [0, 0.05) is 18.1 Å². The molecule has 0 fully saturated rings. The van der Waals surface area contributed by atoms with Crippen LogP contribution in [0.2, 0.25) is 0 Å². The Bertz CT molecular complexity index is 380. The second-order valence-corrected chi connectivity index (χ2v) is 3.05. The largest absolute Gasteiger partial charge is 0.482 e. The number of fused-ring (bicyclic) bond motifs is 1. The lowest BCUT2D eigenvalue weighted by Crippen LogP contribution is -2.17. The van der Waals surface area contributed by atoms with Crippen LogP contribution in [0.15, 0.2) is 35.8 Å². The number of nitrogens with zero attached hydrogens (tertiary/aromatic N) is 1. The van der Waals surface area contributed by atoms with Crippen molar-refractivity contribution in [2.45, 2.75) is 6.10 Å². The highest BCUT2D eigenvalue weighted by Gasteiger charge is 2.30. The first-order chi connectivity index (χ1) is 6.70. The van der Waals surface area contributed by atoms with E-state index in [1.54, 1.807) is 12.2 Å². The third kappa shape index (κ3) is 1.32. The molecule has 2 aliphatic rings. The Morgan fingerprint density at radius 3 is 2.93 bits per heavy atom. The molecule has 0 aromatic heterocycles. The molecule has 5 nitrogen and oxygen atoms in total. The minimum atomic E-state index is -0.459. The van der Waals surface area contributed by atoms with Gasteiger partial charge >= 0.3 is 0 Å². The van der Waals surface area contributed by atoms with Gasteiger partial charge in [-0.15, -0.1) is 0 Å². The molecule has 1 aliphatic heterocycles. The quantitative estimate of drug-likeness (QED) is 0.369. The van der Waals surface area contributed by atoms with Gasteiger partial charge < -0.3 is 4.74 Å². The van der Waals surface area contributed by atoms with E-state index in [4.69, 9.17) is 4.74 Å². The molecule has 0 aromatic carbocycles. The van der Waals surface area contributed by atoms with Crippen molar-refractivity contribution in [3.63, 3.8) is 0 Å². The highest BCUT2D eigenvalue weighted by Crippen LogP contribution is 2.29. The van der Waals surface area contributed by atoms with Crippen LogP contribution in [0.3, 0.4) is 0 Å². The van der Waals surface area contributed by atoms with Crippen LogP contribution >= 0.6 is 0 Å². The van der Waals surface area contributed by atoms with Gasteiger partial charge in [-0.1, -0.05) is 0 Å². The average molecular weight is 193 g/mol. The van der Waals surface area contributed by atoms with E-state index in [-0.39, 0.29) is 23.5 Å². The van der Waals surface area contributed by atoms with Crippen molar-refractivity contribution in [1.29, 1.82) is 0 Å². The maximum atomic E-state index is 10.4. The summed E-state index contributed by atoms with van der Waals surface area (Å²) in [7, 11) is 0. The van der Waals surface area contributed by atoms with Crippen LogP contribution in [-0.2, 0) is 9.53 Å². The van der Waals surface area contributed by atoms with Crippen LogP contribution in [-0.4, -0.2) is 17.3 Å². The number of aldehydes is 1. The fourth-order valence-electron chi connectivity index (χ4n) is 1.50. The third-order valence-electron chi connectivity index (χ3n) is 2.16.